The fourth-order valence-electron chi connectivity index (χ4n) is 3.24. The Morgan fingerprint density at radius 2 is 1.76 bits per heavy atom. The van der Waals surface area contributed by atoms with E-state index < -0.39 is 24.0 Å². The van der Waals surface area contributed by atoms with Crippen molar-refractivity contribution >= 4 is 41.2 Å². The summed E-state index contributed by atoms with van der Waals surface area (Å²) in [6, 6.07) is 20.2. The summed E-state index contributed by atoms with van der Waals surface area (Å²) < 4.78 is 11.2. The molecule has 3 aromatic rings. The van der Waals surface area contributed by atoms with Crippen molar-refractivity contribution in [1.82, 2.24) is 10.7 Å². The zero-order chi connectivity index (χ0) is 26.6. The molecule has 0 bridgehead atoms. The zero-order valence-corrected chi connectivity index (χ0v) is 21.5. The standard InChI is InChI=1S/C28H25Cl2N3O4/c1-3-15-36-25-12-8-7-11-21(25)18-31-33-28(35)24(16-20-9-5-4-6-10-20)32-27(34)19(2)37-26-14-13-22(29)17-23(26)30/h1,4-14,17-19,24H,15-16H2,2H3,(H,32,34)(H,33,35)/b31-18-/t19-,24+/m0/s1. The van der Waals surface area contributed by atoms with Crippen molar-refractivity contribution in [3.05, 3.63) is 94.0 Å². The number of halogens is 2. The molecule has 3 rings (SSSR count). The summed E-state index contributed by atoms with van der Waals surface area (Å²) in [5.41, 5.74) is 3.97. The average molecular weight is 538 g/mol. The molecule has 190 valence electrons. The summed E-state index contributed by atoms with van der Waals surface area (Å²) in [5.74, 6) is 2.22. The molecule has 37 heavy (non-hydrogen) atoms. The van der Waals surface area contributed by atoms with Gasteiger partial charge in [0.2, 0.25) is 0 Å². The molecule has 2 atom stereocenters. The van der Waals surface area contributed by atoms with Crippen LogP contribution in [0.3, 0.4) is 0 Å². The highest BCUT2D eigenvalue weighted by Gasteiger charge is 2.25. The molecule has 2 amide bonds. The van der Waals surface area contributed by atoms with Crippen molar-refractivity contribution in [3.63, 3.8) is 0 Å². The third kappa shape index (κ3) is 8.57. The van der Waals surface area contributed by atoms with Crippen LogP contribution in [0.1, 0.15) is 18.1 Å². The van der Waals surface area contributed by atoms with Gasteiger partial charge >= 0.3 is 0 Å². The minimum absolute atomic E-state index is 0.101. The maximum Gasteiger partial charge on any atom is 0.262 e. The van der Waals surface area contributed by atoms with Crippen molar-refractivity contribution in [1.29, 1.82) is 0 Å². The van der Waals surface area contributed by atoms with Gasteiger partial charge in [-0.05, 0) is 42.8 Å². The number of nitrogens with one attached hydrogen (secondary N) is 2. The van der Waals surface area contributed by atoms with Crippen LogP contribution in [0.15, 0.2) is 77.9 Å². The predicted molar refractivity (Wildman–Crippen MR) is 145 cm³/mol. The first-order chi connectivity index (χ1) is 17.9. The molecule has 0 unspecified atom stereocenters. The van der Waals surface area contributed by atoms with Crippen molar-refractivity contribution in [2.75, 3.05) is 6.61 Å². The second-order valence-corrected chi connectivity index (χ2v) is 8.69. The maximum absolute atomic E-state index is 13.0. The molecule has 7 nitrogen and oxygen atoms in total. The van der Waals surface area contributed by atoms with Gasteiger partial charge in [0.15, 0.2) is 6.10 Å². The first-order valence-corrected chi connectivity index (χ1v) is 12.1. The van der Waals surface area contributed by atoms with Crippen LogP contribution in [0.5, 0.6) is 11.5 Å². The van der Waals surface area contributed by atoms with Crippen LogP contribution in [0, 0.1) is 12.3 Å². The third-order valence-corrected chi connectivity index (χ3v) is 5.62. The number of nitrogens with zero attached hydrogens (tertiary/aromatic N) is 1. The van der Waals surface area contributed by atoms with Gasteiger partial charge in [0, 0.05) is 17.0 Å². The monoisotopic (exact) mass is 537 g/mol. The Bertz CT molecular complexity index is 1290. The topological polar surface area (TPSA) is 89.0 Å². The van der Waals surface area contributed by atoms with Gasteiger partial charge < -0.3 is 14.8 Å². The van der Waals surface area contributed by atoms with Crippen molar-refractivity contribution in [3.8, 4) is 23.8 Å². The van der Waals surface area contributed by atoms with E-state index in [1.807, 2.05) is 30.3 Å². The lowest BCUT2D eigenvalue weighted by Gasteiger charge is -2.21. The van der Waals surface area contributed by atoms with Gasteiger partial charge in [0.25, 0.3) is 11.8 Å². The SMILES string of the molecule is C#CCOc1ccccc1/C=N\NC(=O)[C@@H](Cc1ccccc1)NC(=O)[C@H](C)Oc1ccc(Cl)cc1Cl. The van der Waals surface area contributed by atoms with Crippen LogP contribution in [-0.2, 0) is 16.0 Å². The summed E-state index contributed by atoms with van der Waals surface area (Å²) in [5, 5.41) is 7.50. The van der Waals surface area contributed by atoms with E-state index >= 15 is 0 Å². The maximum atomic E-state index is 13.0. The average Bonchev–Trinajstić information content (AvgIpc) is 2.89. The number of hydrogen-bond donors (Lipinski definition) is 2. The summed E-state index contributed by atoms with van der Waals surface area (Å²) in [6.07, 6.45) is 6.01. The lowest BCUT2D eigenvalue weighted by molar-refractivity contribution is -0.132. The van der Waals surface area contributed by atoms with Gasteiger partial charge in [0.1, 0.15) is 24.1 Å². The lowest BCUT2D eigenvalue weighted by atomic mass is 10.1. The van der Waals surface area contributed by atoms with E-state index in [1.165, 1.54) is 12.3 Å². The number of carbonyl (C=O) groups excluding carboxylic acids is 2. The number of para-hydroxylation sites is 1. The van der Waals surface area contributed by atoms with E-state index in [-0.39, 0.29) is 18.1 Å². The number of hydrogen-bond acceptors (Lipinski definition) is 5. The Kier molecular flexibility index (Phi) is 10.4. The second-order valence-electron chi connectivity index (χ2n) is 7.85. The van der Waals surface area contributed by atoms with E-state index in [1.54, 1.807) is 43.3 Å². The van der Waals surface area contributed by atoms with Crippen LogP contribution in [0.25, 0.3) is 0 Å². The smallest absolute Gasteiger partial charge is 0.262 e. The number of carbonyl (C=O) groups is 2. The molecule has 0 heterocycles. The summed E-state index contributed by atoms with van der Waals surface area (Å²) in [6.45, 7) is 1.66. The van der Waals surface area contributed by atoms with Gasteiger partial charge in [-0.25, -0.2) is 5.43 Å². The molecule has 0 spiro atoms. The molecule has 0 aromatic heterocycles. The molecule has 0 saturated heterocycles. The molecule has 0 aliphatic rings. The molecule has 0 saturated carbocycles. The van der Waals surface area contributed by atoms with Gasteiger partial charge in [-0.1, -0.05) is 71.6 Å². The number of ether oxygens (including phenoxy) is 2. The number of rotatable bonds is 11. The van der Waals surface area contributed by atoms with E-state index in [0.717, 1.165) is 5.56 Å². The molecule has 0 aliphatic heterocycles. The lowest BCUT2D eigenvalue weighted by Crippen LogP contribution is -2.50. The van der Waals surface area contributed by atoms with Gasteiger partial charge in [0.05, 0.1) is 11.2 Å². The van der Waals surface area contributed by atoms with Crippen LogP contribution in [0.2, 0.25) is 10.0 Å². The summed E-state index contributed by atoms with van der Waals surface area (Å²) in [4.78, 5) is 25.9. The normalized spacial score (nSPS) is 12.3. The zero-order valence-electron chi connectivity index (χ0n) is 20.0. The highest BCUT2D eigenvalue weighted by molar-refractivity contribution is 6.35. The van der Waals surface area contributed by atoms with Gasteiger partial charge in [-0.15, -0.1) is 6.42 Å². The molecule has 0 radical (unpaired) electrons. The Hall–Kier alpha value is -3.99. The quantitative estimate of drug-likeness (QED) is 0.211. The molecule has 0 fully saturated rings. The Labute approximate surface area is 225 Å². The van der Waals surface area contributed by atoms with E-state index in [0.29, 0.717) is 22.1 Å². The van der Waals surface area contributed by atoms with Crippen LogP contribution >= 0.6 is 23.2 Å². The van der Waals surface area contributed by atoms with Crippen molar-refractivity contribution in [2.24, 2.45) is 5.10 Å². The van der Waals surface area contributed by atoms with Gasteiger partial charge in [-0.2, -0.15) is 5.10 Å². The van der Waals surface area contributed by atoms with Crippen molar-refractivity contribution in [2.45, 2.75) is 25.5 Å². The Morgan fingerprint density at radius 3 is 2.49 bits per heavy atom. The van der Waals surface area contributed by atoms with Crippen molar-refractivity contribution < 1.29 is 19.1 Å². The minimum Gasteiger partial charge on any atom is -0.480 e. The predicted octanol–water partition coefficient (Wildman–Crippen LogP) is 4.65. The van der Waals surface area contributed by atoms with Gasteiger partial charge in [-0.3, -0.25) is 9.59 Å². The summed E-state index contributed by atoms with van der Waals surface area (Å²) >= 11 is 12.1. The highest BCUT2D eigenvalue weighted by atomic mass is 35.5. The van der Waals surface area contributed by atoms with E-state index in [2.05, 4.69) is 21.8 Å². The number of benzene rings is 3. The fraction of sp³-hybridized carbons (Fsp3) is 0.179. The largest absolute Gasteiger partial charge is 0.480 e. The fourth-order valence-corrected chi connectivity index (χ4v) is 3.70. The molecule has 2 N–H and O–H groups in total. The minimum atomic E-state index is -0.937. The molecular weight excluding hydrogens is 513 g/mol. The van der Waals surface area contributed by atoms with E-state index in [4.69, 9.17) is 39.1 Å². The first-order valence-electron chi connectivity index (χ1n) is 11.3. The third-order valence-electron chi connectivity index (χ3n) is 5.09. The number of hydrazone groups is 1. The van der Waals surface area contributed by atoms with E-state index in [9.17, 15) is 9.59 Å². The number of terminal acetylenes is 1. The number of amides is 2. The summed E-state index contributed by atoms with van der Waals surface area (Å²) in [7, 11) is 0. The Morgan fingerprint density at radius 1 is 1.03 bits per heavy atom. The van der Waals surface area contributed by atoms with Crippen LogP contribution in [-0.4, -0.2) is 36.8 Å². The highest BCUT2D eigenvalue weighted by Crippen LogP contribution is 2.28. The molecule has 0 aliphatic carbocycles. The molecular formula is C28H25Cl2N3O4. The first kappa shape index (κ1) is 27.6. The second kappa shape index (κ2) is 13.9. The Balaban J connectivity index is 1.70. The van der Waals surface area contributed by atoms with Crippen LogP contribution in [0.4, 0.5) is 0 Å². The molecule has 9 heteroatoms. The van der Waals surface area contributed by atoms with Crippen LogP contribution < -0.4 is 20.2 Å². The molecule has 3 aromatic carbocycles.